The van der Waals surface area contributed by atoms with Crippen molar-refractivity contribution in [2.75, 3.05) is 53.1 Å². The number of sulfonamides is 1. The lowest BCUT2D eigenvalue weighted by molar-refractivity contribution is -0.137. The molecule has 1 atom stereocenters. The highest BCUT2D eigenvalue weighted by Gasteiger charge is 2.40. The zero-order chi connectivity index (χ0) is 16.4. The fraction of sp³-hybridized carbons (Fsp3) is 0.933. The van der Waals surface area contributed by atoms with Crippen molar-refractivity contribution in [2.24, 2.45) is 5.41 Å². The summed E-state index contributed by atoms with van der Waals surface area (Å²) in [6.45, 7) is 3.71. The first-order valence-electron chi connectivity index (χ1n) is 8.11. The highest BCUT2D eigenvalue weighted by Crippen LogP contribution is 2.38. The topological polar surface area (TPSA) is 60.9 Å². The first kappa shape index (κ1) is 17.7. The molecular formula is C15H29N3O3S. The minimum atomic E-state index is -3.09. The molecule has 6 nitrogen and oxygen atoms in total. The monoisotopic (exact) mass is 331 g/mol. The molecule has 0 radical (unpaired) electrons. The number of hydrogen-bond acceptors (Lipinski definition) is 4. The summed E-state index contributed by atoms with van der Waals surface area (Å²) < 4.78 is 24.9. The van der Waals surface area contributed by atoms with Crippen molar-refractivity contribution < 1.29 is 13.2 Å². The van der Waals surface area contributed by atoms with Gasteiger partial charge in [-0.3, -0.25) is 4.79 Å². The third kappa shape index (κ3) is 4.20. The van der Waals surface area contributed by atoms with Gasteiger partial charge >= 0.3 is 0 Å². The molecule has 7 heteroatoms. The quantitative estimate of drug-likeness (QED) is 0.740. The molecular weight excluding hydrogens is 302 g/mol. The van der Waals surface area contributed by atoms with Crippen molar-refractivity contribution in [1.82, 2.24) is 14.1 Å². The third-order valence-corrected chi connectivity index (χ3v) is 6.96. The van der Waals surface area contributed by atoms with Gasteiger partial charge in [-0.1, -0.05) is 0 Å². The van der Waals surface area contributed by atoms with Gasteiger partial charge < -0.3 is 9.80 Å². The van der Waals surface area contributed by atoms with Crippen LogP contribution in [-0.2, 0) is 14.8 Å². The molecule has 1 spiro atoms. The van der Waals surface area contributed by atoms with Crippen LogP contribution in [0.1, 0.15) is 32.1 Å². The Labute approximate surface area is 134 Å². The van der Waals surface area contributed by atoms with E-state index in [4.69, 9.17) is 0 Å². The van der Waals surface area contributed by atoms with Crippen LogP contribution in [0.3, 0.4) is 0 Å². The van der Waals surface area contributed by atoms with Crippen molar-refractivity contribution in [3.05, 3.63) is 0 Å². The predicted octanol–water partition coefficient (Wildman–Crippen LogP) is 0.602. The van der Waals surface area contributed by atoms with Crippen molar-refractivity contribution in [1.29, 1.82) is 0 Å². The van der Waals surface area contributed by atoms with Crippen LogP contribution in [0.4, 0.5) is 0 Å². The molecule has 128 valence electrons. The van der Waals surface area contributed by atoms with E-state index in [-0.39, 0.29) is 17.1 Å². The van der Waals surface area contributed by atoms with Gasteiger partial charge in [-0.25, -0.2) is 12.7 Å². The predicted molar refractivity (Wildman–Crippen MR) is 87.1 cm³/mol. The van der Waals surface area contributed by atoms with E-state index in [2.05, 4.69) is 4.90 Å². The number of nitrogens with zero attached hydrogens (tertiary/aromatic N) is 3. The Morgan fingerprint density at radius 1 is 1.23 bits per heavy atom. The number of rotatable bonds is 5. The molecule has 1 amide bonds. The number of likely N-dealkylation sites (tertiary alicyclic amines) is 2. The molecule has 2 fully saturated rings. The maximum absolute atomic E-state index is 11.8. The van der Waals surface area contributed by atoms with E-state index in [1.165, 1.54) is 10.7 Å². The molecule has 22 heavy (non-hydrogen) atoms. The third-order valence-electron chi connectivity index (χ3n) is 5.04. The molecule has 2 aliphatic rings. The largest absolute Gasteiger partial charge is 0.345 e. The Morgan fingerprint density at radius 2 is 1.95 bits per heavy atom. The molecule has 0 aliphatic carbocycles. The van der Waals surface area contributed by atoms with Gasteiger partial charge in [0.1, 0.15) is 0 Å². The highest BCUT2D eigenvalue weighted by atomic mass is 32.2. The van der Waals surface area contributed by atoms with Crippen LogP contribution in [-0.4, -0.2) is 81.5 Å². The normalized spacial score (nSPS) is 27.8. The van der Waals surface area contributed by atoms with Crippen LogP contribution < -0.4 is 0 Å². The summed E-state index contributed by atoms with van der Waals surface area (Å²) in [6.07, 6.45) is 4.62. The molecule has 2 rings (SSSR count). The molecule has 2 heterocycles. The molecule has 0 aromatic heterocycles. The summed E-state index contributed by atoms with van der Waals surface area (Å²) in [6, 6.07) is 0. The van der Waals surface area contributed by atoms with Crippen LogP contribution >= 0.6 is 0 Å². The smallest absolute Gasteiger partial charge is 0.222 e. The van der Waals surface area contributed by atoms with E-state index in [1.807, 2.05) is 11.9 Å². The van der Waals surface area contributed by atoms with Gasteiger partial charge in [-0.15, -0.1) is 0 Å². The summed E-state index contributed by atoms with van der Waals surface area (Å²) in [5, 5.41) is 0. The first-order chi connectivity index (χ1) is 10.2. The Balaban J connectivity index is 1.85. The van der Waals surface area contributed by atoms with E-state index in [9.17, 15) is 13.2 Å². The Bertz CT molecular complexity index is 506. The fourth-order valence-electron chi connectivity index (χ4n) is 3.72. The first-order valence-corrected chi connectivity index (χ1v) is 9.72. The summed E-state index contributed by atoms with van der Waals surface area (Å²) in [5.74, 6) is 0.460. The number of carbonyl (C=O) groups is 1. The van der Waals surface area contributed by atoms with Crippen LogP contribution in [0, 0.1) is 5.41 Å². The molecule has 0 saturated carbocycles. The second kappa shape index (κ2) is 6.84. The Kier molecular flexibility index (Phi) is 5.50. The van der Waals surface area contributed by atoms with Crippen LogP contribution in [0.15, 0.2) is 0 Å². The van der Waals surface area contributed by atoms with Crippen molar-refractivity contribution >= 4 is 15.9 Å². The van der Waals surface area contributed by atoms with Gasteiger partial charge in [0, 0.05) is 46.1 Å². The van der Waals surface area contributed by atoms with Crippen molar-refractivity contribution in [2.45, 2.75) is 32.1 Å². The van der Waals surface area contributed by atoms with Gasteiger partial charge in [-0.05, 0) is 38.8 Å². The Morgan fingerprint density at radius 3 is 2.59 bits per heavy atom. The summed E-state index contributed by atoms with van der Waals surface area (Å²) in [5.41, 5.74) is 0.224. The maximum atomic E-state index is 11.8. The average molecular weight is 331 g/mol. The Hall–Kier alpha value is -0.660. The van der Waals surface area contributed by atoms with Gasteiger partial charge in [0.25, 0.3) is 0 Å². The molecule has 2 saturated heterocycles. The van der Waals surface area contributed by atoms with Crippen LogP contribution in [0.25, 0.3) is 0 Å². The number of carbonyl (C=O) groups excluding carboxylic acids is 1. The van der Waals surface area contributed by atoms with Crippen LogP contribution in [0.5, 0.6) is 0 Å². The summed E-state index contributed by atoms with van der Waals surface area (Å²) in [4.78, 5) is 15.9. The maximum Gasteiger partial charge on any atom is 0.222 e. The standard InChI is InChI=1S/C15H29N3O3S/c1-16(2)22(20,21)11-5-10-18-9-4-7-15(13-18)8-6-14(19)17(3)12-15/h4-13H2,1-3H3. The average Bonchev–Trinajstić information content (AvgIpc) is 2.43. The lowest BCUT2D eigenvalue weighted by Gasteiger charge is -2.47. The van der Waals surface area contributed by atoms with E-state index >= 15 is 0 Å². The van der Waals surface area contributed by atoms with E-state index in [0.29, 0.717) is 12.8 Å². The van der Waals surface area contributed by atoms with E-state index < -0.39 is 10.0 Å². The number of amides is 1. The van der Waals surface area contributed by atoms with Gasteiger partial charge in [0.2, 0.25) is 15.9 Å². The molecule has 2 aliphatic heterocycles. The fourth-order valence-corrected chi connectivity index (χ4v) is 4.58. The minimum absolute atomic E-state index is 0.210. The SMILES string of the molecule is CN1CC2(CCCN(CCCS(=O)(=O)N(C)C)C2)CCC1=O. The van der Waals surface area contributed by atoms with Crippen LogP contribution in [0.2, 0.25) is 0 Å². The van der Waals surface area contributed by atoms with Gasteiger partial charge in [0.05, 0.1) is 5.75 Å². The molecule has 0 aromatic carbocycles. The summed E-state index contributed by atoms with van der Waals surface area (Å²) in [7, 11) is 1.97. The molecule has 1 unspecified atom stereocenters. The lowest BCUT2D eigenvalue weighted by Crippen LogP contribution is -2.53. The second-order valence-electron chi connectivity index (χ2n) is 7.08. The number of piperidine rings is 2. The minimum Gasteiger partial charge on any atom is -0.345 e. The van der Waals surface area contributed by atoms with Crippen molar-refractivity contribution in [3.8, 4) is 0 Å². The molecule has 0 bridgehead atoms. The highest BCUT2D eigenvalue weighted by molar-refractivity contribution is 7.89. The second-order valence-corrected chi connectivity index (χ2v) is 9.38. The van der Waals surface area contributed by atoms with Crippen molar-refractivity contribution in [3.63, 3.8) is 0 Å². The molecule has 0 N–H and O–H groups in total. The van der Waals surface area contributed by atoms with E-state index in [1.54, 1.807) is 14.1 Å². The number of hydrogen-bond donors (Lipinski definition) is 0. The van der Waals surface area contributed by atoms with Gasteiger partial charge in [0.15, 0.2) is 0 Å². The zero-order valence-electron chi connectivity index (χ0n) is 14.0. The summed E-state index contributed by atoms with van der Waals surface area (Å²) >= 11 is 0. The van der Waals surface area contributed by atoms with E-state index in [0.717, 1.165) is 39.0 Å². The molecule has 0 aromatic rings. The lowest BCUT2D eigenvalue weighted by atomic mass is 9.73. The van der Waals surface area contributed by atoms with Gasteiger partial charge in [-0.2, -0.15) is 0 Å². The zero-order valence-corrected chi connectivity index (χ0v) is 14.9.